The minimum Gasteiger partial charge on any atom is -0.454 e. The van der Waals surface area contributed by atoms with E-state index < -0.39 is 44.5 Å². The molecule has 2 aromatic rings. The van der Waals surface area contributed by atoms with Gasteiger partial charge in [0.25, 0.3) is 0 Å². The number of sulfonamides is 1. The second kappa shape index (κ2) is 9.56. The Morgan fingerprint density at radius 2 is 1.76 bits per heavy atom. The number of carbonyl (C=O) groups is 3. The number of ether oxygens (including phenoxy) is 1. The third-order valence-corrected chi connectivity index (χ3v) is 7.87. The summed E-state index contributed by atoms with van der Waals surface area (Å²) in [7, 11) is -4.01. The lowest BCUT2D eigenvalue weighted by atomic mass is 9.98. The van der Waals surface area contributed by atoms with Gasteiger partial charge in [-0.1, -0.05) is 12.1 Å². The van der Waals surface area contributed by atoms with E-state index >= 15 is 0 Å². The smallest absolute Gasteiger partial charge is 0.309 e. The van der Waals surface area contributed by atoms with Gasteiger partial charge in [-0.25, -0.2) is 12.8 Å². The van der Waals surface area contributed by atoms with Crippen molar-refractivity contribution >= 4 is 27.6 Å². The van der Waals surface area contributed by atoms with E-state index in [1.807, 2.05) is 0 Å². The Morgan fingerprint density at radius 1 is 1.15 bits per heavy atom. The Hall–Kier alpha value is -2.85. The molecule has 0 amide bonds. The number of aromatic amines is 1. The SMILES string of the molecule is CC(=O)c1c(C)[nH]c(C(=O)C(C)OC(=O)C2CCN(S(=O)(=O)c3ccccc3F)CC2)c1C. The number of benzene rings is 1. The van der Waals surface area contributed by atoms with Crippen LogP contribution in [0.2, 0.25) is 0 Å². The van der Waals surface area contributed by atoms with E-state index in [2.05, 4.69) is 4.98 Å². The second-order valence-corrected chi connectivity index (χ2v) is 10.1. The Labute approximate surface area is 192 Å². The summed E-state index contributed by atoms with van der Waals surface area (Å²) in [6.07, 6.45) is -0.681. The molecule has 0 radical (unpaired) electrons. The van der Waals surface area contributed by atoms with Gasteiger partial charge in [0.05, 0.1) is 11.6 Å². The number of hydrogen-bond donors (Lipinski definition) is 1. The molecule has 178 valence electrons. The summed E-state index contributed by atoms with van der Waals surface area (Å²) >= 11 is 0. The van der Waals surface area contributed by atoms with Gasteiger partial charge in [-0.15, -0.1) is 0 Å². The number of aromatic nitrogens is 1. The quantitative estimate of drug-likeness (QED) is 0.483. The van der Waals surface area contributed by atoms with Crippen molar-refractivity contribution in [3.8, 4) is 0 Å². The Kier molecular flexibility index (Phi) is 7.18. The van der Waals surface area contributed by atoms with Gasteiger partial charge in [0, 0.05) is 24.3 Å². The van der Waals surface area contributed by atoms with E-state index in [0.717, 1.165) is 10.4 Å². The summed E-state index contributed by atoms with van der Waals surface area (Å²) in [4.78, 5) is 39.7. The van der Waals surface area contributed by atoms with Crippen LogP contribution >= 0.6 is 0 Å². The van der Waals surface area contributed by atoms with Crippen LogP contribution in [-0.4, -0.2) is 54.4 Å². The van der Waals surface area contributed by atoms with Crippen molar-refractivity contribution in [2.45, 2.75) is 51.5 Å². The number of Topliss-reactive ketones (excluding diaryl/α,β-unsaturated/α-hetero) is 2. The number of hydrogen-bond acceptors (Lipinski definition) is 6. The highest BCUT2D eigenvalue weighted by molar-refractivity contribution is 7.89. The minimum atomic E-state index is -4.01. The van der Waals surface area contributed by atoms with Gasteiger partial charge in [0.1, 0.15) is 10.7 Å². The van der Waals surface area contributed by atoms with Gasteiger partial charge in [-0.05, 0) is 58.2 Å². The molecular formula is C23H27FN2O6S. The largest absolute Gasteiger partial charge is 0.454 e. The molecule has 33 heavy (non-hydrogen) atoms. The predicted molar refractivity (Wildman–Crippen MR) is 118 cm³/mol. The molecule has 1 fully saturated rings. The number of ketones is 2. The van der Waals surface area contributed by atoms with Crippen molar-refractivity contribution in [3.05, 3.63) is 52.6 Å². The lowest BCUT2D eigenvalue weighted by Crippen LogP contribution is -2.41. The zero-order valence-electron chi connectivity index (χ0n) is 19.0. The molecule has 1 aromatic carbocycles. The number of nitrogens with one attached hydrogen (secondary N) is 1. The summed E-state index contributed by atoms with van der Waals surface area (Å²) in [5, 5.41) is 0. The van der Waals surface area contributed by atoms with Crippen LogP contribution in [0.4, 0.5) is 4.39 Å². The highest BCUT2D eigenvalue weighted by Crippen LogP contribution is 2.27. The van der Waals surface area contributed by atoms with Gasteiger partial charge >= 0.3 is 5.97 Å². The molecule has 1 unspecified atom stereocenters. The topological polar surface area (TPSA) is 114 Å². The van der Waals surface area contributed by atoms with Crippen molar-refractivity contribution in [3.63, 3.8) is 0 Å². The van der Waals surface area contributed by atoms with Gasteiger partial charge in [-0.2, -0.15) is 4.31 Å². The maximum atomic E-state index is 14.0. The number of nitrogens with zero attached hydrogens (tertiary/aromatic N) is 1. The van der Waals surface area contributed by atoms with Crippen LogP contribution < -0.4 is 0 Å². The van der Waals surface area contributed by atoms with E-state index in [1.54, 1.807) is 13.8 Å². The van der Waals surface area contributed by atoms with Crippen molar-refractivity contribution in [1.29, 1.82) is 0 Å². The normalized spacial score (nSPS) is 16.4. The number of H-pyrrole nitrogens is 1. The molecule has 1 saturated heterocycles. The Balaban J connectivity index is 1.62. The highest BCUT2D eigenvalue weighted by Gasteiger charge is 2.35. The number of carbonyl (C=O) groups excluding carboxylic acids is 3. The molecule has 0 spiro atoms. The molecule has 1 aromatic heterocycles. The average molecular weight is 479 g/mol. The number of esters is 1. The van der Waals surface area contributed by atoms with E-state index in [9.17, 15) is 27.2 Å². The first-order chi connectivity index (χ1) is 15.4. The summed E-state index contributed by atoms with van der Waals surface area (Å²) in [5.74, 6) is -2.61. The molecule has 2 heterocycles. The second-order valence-electron chi connectivity index (χ2n) is 8.23. The summed E-state index contributed by atoms with van der Waals surface area (Å²) in [6, 6.07) is 5.16. The van der Waals surface area contributed by atoms with Crippen LogP contribution in [0.5, 0.6) is 0 Å². The van der Waals surface area contributed by atoms with E-state index in [1.165, 1.54) is 32.0 Å². The fourth-order valence-electron chi connectivity index (χ4n) is 4.18. The number of piperidine rings is 1. The van der Waals surface area contributed by atoms with Crippen LogP contribution in [0, 0.1) is 25.6 Å². The molecule has 3 rings (SSSR count). The summed E-state index contributed by atoms with van der Waals surface area (Å²) in [5.41, 5.74) is 1.76. The Bertz CT molecular complexity index is 1200. The van der Waals surface area contributed by atoms with Crippen LogP contribution in [0.3, 0.4) is 0 Å². The minimum absolute atomic E-state index is 0.0374. The van der Waals surface area contributed by atoms with Crippen molar-refractivity contribution in [2.75, 3.05) is 13.1 Å². The number of halogens is 1. The first-order valence-electron chi connectivity index (χ1n) is 10.6. The van der Waals surface area contributed by atoms with Crippen LogP contribution in [0.1, 0.15) is 58.8 Å². The molecule has 1 aliphatic rings. The van der Waals surface area contributed by atoms with Crippen LogP contribution in [-0.2, 0) is 19.6 Å². The van der Waals surface area contributed by atoms with Crippen LogP contribution in [0.25, 0.3) is 0 Å². The maximum absolute atomic E-state index is 14.0. The van der Waals surface area contributed by atoms with Gasteiger partial charge in [0.2, 0.25) is 15.8 Å². The fraction of sp³-hybridized carbons (Fsp3) is 0.435. The molecule has 1 atom stereocenters. The molecule has 0 aliphatic carbocycles. The maximum Gasteiger partial charge on any atom is 0.309 e. The van der Waals surface area contributed by atoms with E-state index in [0.29, 0.717) is 16.8 Å². The van der Waals surface area contributed by atoms with Crippen molar-refractivity contribution in [2.24, 2.45) is 5.92 Å². The third-order valence-electron chi connectivity index (χ3n) is 5.94. The third kappa shape index (κ3) is 4.91. The molecule has 0 bridgehead atoms. The molecule has 8 nitrogen and oxygen atoms in total. The average Bonchev–Trinajstić information content (AvgIpc) is 3.07. The lowest BCUT2D eigenvalue weighted by Gasteiger charge is -2.30. The number of aryl methyl sites for hydroxylation is 1. The highest BCUT2D eigenvalue weighted by atomic mass is 32.2. The first kappa shape index (κ1) is 24.8. The zero-order valence-corrected chi connectivity index (χ0v) is 19.8. The van der Waals surface area contributed by atoms with Crippen LogP contribution in [0.15, 0.2) is 29.2 Å². The van der Waals surface area contributed by atoms with Crippen molar-refractivity contribution in [1.82, 2.24) is 9.29 Å². The van der Waals surface area contributed by atoms with Gasteiger partial charge in [0.15, 0.2) is 11.9 Å². The zero-order chi connectivity index (χ0) is 24.5. The first-order valence-corrected chi connectivity index (χ1v) is 12.1. The number of rotatable bonds is 7. The lowest BCUT2D eigenvalue weighted by molar-refractivity contribution is -0.152. The van der Waals surface area contributed by atoms with E-state index in [-0.39, 0.29) is 37.4 Å². The summed E-state index contributed by atoms with van der Waals surface area (Å²) in [6.45, 7) is 6.31. The monoisotopic (exact) mass is 478 g/mol. The predicted octanol–water partition coefficient (Wildman–Crippen LogP) is 3.19. The van der Waals surface area contributed by atoms with E-state index in [4.69, 9.17) is 4.74 Å². The standard InChI is InChI=1S/C23H27FN2O6S/c1-13-20(15(3)27)14(2)25-21(13)22(28)16(4)32-23(29)17-9-11-26(12-10-17)33(30,31)19-8-6-5-7-18(19)24/h5-8,16-17,25H,9-12H2,1-4H3. The summed E-state index contributed by atoms with van der Waals surface area (Å²) < 4.78 is 45.9. The molecule has 1 N–H and O–H groups in total. The molecule has 10 heteroatoms. The Morgan fingerprint density at radius 3 is 2.30 bits per heavy atom. The molecule has 0 saturated carbocycles. The fourth-order valence-corrected chi connectivity index (χ4v) is 5.71. The molecular weight excluding hydrogens is 451 g/mol. The van der Waals surface area contributed by atoms with Gasteiger partial charge < -0.3 is 9.72 Å². The molecule has 1 aliphatic heterocycles. The van der Waals surface area contributed by atoms with Gasteiger partial charge in [-0.3, -0.25) is 14.4 Å². The van der Waals surface area contributed by atoms with Crippen molar-refractivity contribution < 1.29 is 31.9 Å².